The summed E-state index contributed by atoms with van der Waals surface area (Å²) in [4.78, 5) is 24.4. The number of aliphatic hydroxyl groups excluding tert-OH is 2. The molecule has 0 heterocycles. The maximum Gasteiger partial charge on any atom is 0.305 e. The van der Waals surface area contributed by atoms with E-state index in [0.717, 1.165) is 57.8 Å². The Morgan fingerprint density at radius 1 is 0.474 bits per heavy atom. The summed E-state index contributed by atoms with van der Waals surface area (Å²) in [5.74, 6) is -0.111. The summed E-state index contributed by atoms with van der Waals surface area (Å²) in [6, 6.07) is -0.641. The van der Waals surface area contributed by atoms with Gasteiger partial charge in [0.05, 0.1) is 25.4 Å². The SMILES string of the molecule is CCCCCCCC/C=C\CCCCCCCC(=O)OCCCCCCCCCCCCCC(=O)NC(CO)C(O)/C=C/CCCCCCCCCCCCCC. The first kappa shape index (κ1) is 55.3. The van der Waals surface area contributed by atoms with Crippen LogP contribution < -0.4 is 5.32 Å². The standard InChI is InChI=1S/C51H97NO5/c1-3-5-7-9-11-13-15-17-19-21-25-29-33-37-41-45-51(56)57-46-42-38-34-30-26-22-24-28-32-36-40-44-50(55)52-48(47-53)49(54)43-39-35-31-27-23-20-18-16-14-12-10-8-6-4-2/h17,19,39,43,48-49,53-54H,3-16,18,20-38,40-42,44-47H2,1-2H3,(H,52,55)/b19-17-,43-39+. The quantitative estimate of drug-likeness (QED) is 0.0324. The molecule has 2 atom stereocenters. The maximum atomic E-state index is 12.4. The third kappa shape index (κ3) is 43.7. The summed E-state index contributed by atoms with van der Waals surface area (Å²) >= 11 is 0. The number of rotatable bonds is 46. The van der Waals surface area contributed by atoms with Crippen molar-refractivity contribution < 1.29 is 24.5 Å². The van der Waals surface area contributed by atoms with Crippen LogP contribution in [0.3, 0.4) is 0 Å². The van der Waals surface area contributed by atoms with Crippen LogP contribution >= 0.6 is 0 Å². The van der Waals surface area contributed by atoms with E-state index in [0.29, 0.717) is 19.4 Å². The monoisotopic (exact) mass is 804 g/mol. The zero-order valence-corrected chi connectivity index (χ0v) is 38.1. The Balaban J connectivity index is 3.51. The van der Waals surface area contributed by atoms with Crippen molar-refractivity contribution in [2.24, 2.45) is 0 Å². The van der Waals surface area contributed by atoms with E-state index in [1.54, 1.807) is 6.08 Å². The first-order valence-corrected chi connectivity index (χ1v) is 25.1. The largest absolute Gasteiger partial charge is 0.466 e. The number of hydrogen-bond acceptors (Lipinski definition) is 5. The average molecular weight is 804 g/mol. The highest BCUT2D eigenvalue weighted by Crippen LogP contribution is 2.15. The fourth-order valence-electron chi connectivity index (χ4n) is 7.57. The second kappa shape index (κ2) is 47.0. The summed E-state index contributed by atoms with van der Waals surface area (Å²) in [6.07, 6.45) is 54.5. The van der Waals surface area contributed by atoms with Crippen LogP contribution in [0.25, 0.3) is 0 Å². The number of unbranched alkanes of at least 4 members (excludes halogenated alkanes) is 33. The van der Waals surface area contributed by atoms with E-state index < -0.39 is 12.1 Å². The molecule has 57 heavy (non-hydrogen) atoms. The molecule has 0 bridgehead atoms. The first-order chi connectivity index (χ1) is 28.0. The van der Waals surface area contributed by atoms with Gasteiger partial charge in [-0.3, -0.25) is 9.59 Å². The number of amides is 1. The molecule has 0 saturated carbocycles. The molecule has 0 aromatic heterocycles. The number of carbonyl (C=O) groups is 2. The van der Waals surface area contributed by atoms with Crippen molar-refractivity contribution >= 4 is 11.9 Å². The van der Waals surface area contributed by atoms with Gasteiger partial charge in [0.15, 0.2) is 0 Å². The predicted molar refractivity (Wildman–Crippen MR) is 246 cm³/mol. The Bertz CT molecular complexity index is 889. The molecule has 0 spiro atoms. The number of carbonyl (C=O) groups excluding carboxylic acids is 2. The molecule has 0 aliphatic heterocycles. The van der Waals surface area contributed by atoms with Crippen LogP contribution in [0.1, 0.15) is 264 Å². The summed E-state index contributed by atoms with van der Waals surface area (Å²) in [5, 5.41) is 23.0. The molecule has 0 radical (unpaired) electrons. The number of allylic oxidation sites excluding steroid dienone is 3. The number of nitrogens with one attached hydrogen (secondary N) is 1. The predicted octanol–water partition coefficient (Wildman–Crippen LogP) is 14.7. The van der Waals surface area contributed by atoms with Crippen LogP contribution in [0, 0.1) is 0 Å². The van der Waals surface area contributed by atoms with Gasteiger partial charge in [-0.2, -0.15) is 0 Å². The van der Waals surface area contributed by atoms with E-state index in [4.69, 9.17) is 4.74 Å². The highest BCUT2D eigenvalue weighted by atomic mass is 16.5. The number of aliphatic hydroxyl groups is 2. The summed E-state index contributed by atoms with van der Waals surface area (Å²) in [5.41, 5.74) is 0. The Morgan fingerprint density at radius 2 is 0.825 bits per heavy atom. The number of esters is 1. The topological polar surface area (TPSA) is 95.9 Å². The van der Waals surface area contributed by atoms with Crippen molar-refractivity contribution in [1.29, 1.82) is 0 Å². The molecule has 6 nitrogen and oxygen atoms in total. The Kier molecular flexibility index (Phi) is 45.7. The van der Waals surface area contributed by atoms with Gasteiger partial charge in [0.1, 0.15) is 0 Å². The summed E-state index contributed by atoms with van der Waals surface area (Å²) in [6.45, 7) is 4.85. The third-order valence-corrected chi connectivity index (χ3v) is 11.5. The third-order valence-electron chi connectivity index (χ3n) is 11.5. The molecule has 0 aromatic carbocycles. The smallest absolute Gasteiger partial charge is 0.305 e. The Labute approximate surface area is 354 Å². The van der Waals surface area contributed by atoms with Gasteiger partial charge in [-0.05, 0) is 57.8 Å². The van der Waals surface area contributed by atoms with Crippen molar-refractivity contribution in [1.82, 2.24) is 5.32 Å². The van der Waals surface area contributed by atoms with Crippen molar-refractivity contribution in [3.8, 4) is 0 Å². The van der Waals surface area contributed by atoms with Crippen molar-refractivity contribution in [3.05, 3.63) is 24.3 Å². The number of ether oxygens (including phenoxy) is 1. The van der Waals surface area contributed by atoms with Gasteiger partial charge in [-0.1, -0.05) is 218 Å². The van der Waals surface area contributed by atoms with Gasteiger partial charge < -0.3 is 20.3 Å². The lowest BCUT2D eigenvalue weighted by atomic mass is 10.0. The molecular weight excluding hydrogens is 707 g/mol. The van der Waals surface area contributed by atoms with Crippen molar-refractivity contribution in [3.63, 3.8) is 0 Å². The van der Waals surface area contributed by atoms with Crippen LogP contribution in [-0.4, -0.2) is 47.4 Å². The molecule has 0 aliphatic rings. The van der Waals surface area contributed by atoms with Crippen LogP contribution in [-0.2, 0) is 14.3 Å². The molecule has 0 rings (SSSR count). The highest BCUT2D eigenvalue weighted by Gasteiger charge is 2.18. The minimum atomic E-state index is -0.856. The molecule has 336 valence electrons. The normalized spacial score (nSPS) is 12.8. The molecule has 2 unspecified atom stereocenters. The molecule has 3 N–H and O–H groups in total. The van der Waals surface area contributed by atoms with E-state index in [1.807, 2.05) is 6.08 Å². The van der Waals surface area contributed by atoms with Crippen LogP contribution in [0.5, 0.6) is 0 Å². The second-order valence-electron chi connectivity index (χ2n) is 17.1. The average Bonchev–Trinajstić information content (AvgIpc) is 3.21. The Hall–Kier alpha value is -1.66. The summed E-state index contributed by atoms with van der Waals surface area (Å²) < 4.78 is 5.45. The van der Waals surface area contributed by atoms with Gasteiger partial charge in [0.25, 0.3) is 0 Å². The molecule has 0 saturated heterocycles. The van der Waals surface area contributed by atoms with Gasteiger partial charge in [0, 0.05) is 12.8 Å². The molecule has 6 heteroatoms. The highest BCUT2D eigenvalue weighted by molar-refractivity contribution is 5.76. The fraction of sp³-hybridized carbons (Fsp3) is 0.882. The lowest BCUT2D eigenvalue weighted by Crippen LogP contribution is -2.45. The fourth-order valence-corrected chi connectivity index (χ4v) is 7.57. The minimum absolute atomic E-state index is 0.0237. The van der Waals surface area contributed by atoms with Crippen LogP contribution in [0.2, 0.25) is 0 Å². The van der Waals surface area contributed by atoms with E-state index in [1.165, 1.54) is 180 Å². The van der Waals surface area contributed by atoms with Gasteiger partial charge in [0.2, 0.25) is 5.91 Å². The first-order valence-electron chi connectivity index (χ1n) is 25.1. The van der Waals surface area contributed by atoms with Gasteiger partial charge in [-0.15, -0.1) is 0 Å². The van der Waals surface area contributed by atoms with Crippen LogP contribution in [0.4, 0.5) is 0 Å². The lowest BCUT2D eigenvalue weighted by molar-refractivity contribution is -0.143. The van der Waals surface area contributed by atoms with Crippen molar-refractivity contribution in [2.45, 2.75) is 276 Å². The molecule has 0 fully saturated rings. The van der Waals surface area contributed by atoms with Crippen molar-refractivity contribution in [2.75, 3.05) is 13.2 Å². The minimum Gasteiger partial charge on any atom is -0.466 e. The maximum absolute atomic E-state index is 12.4. The molecule has 1 amide bonds. The second-order valence-corrected chi connectivity index (χ2v) is 17.1. The van der Waals surface area contributed by atoms with Gasteiger partial charge >= 0.3 is 5.97 Å². The lowest BCUT2D eigenvalue weighted by Gasteiger charge is -2.20. The molecular formula is C51H97NO5. The van der Waals surface area contributed by atoms with E-state index in [2.05, 4.69) is 31.3 Å². The molecule has 0 aliphatic carbocycles. The van der Waals surface area contributed by atoms with E-state index in [-0.39, 0.29) is 18.5 Å². The zero-order chi connectivity index (χ0) is 41.5. The number of hydrogen-bond donors (Lipinski definition) is 3. The van der Waals surface area contributed by atoms with E-state index in [9.17, 15) is 19.8 Å². The zero-order valence-electron chi connectivity index (χ0n) is 38.1. The molecule has 0 aromatic rings. The van der Waals surface area contributed by atoms with Crippen LogP contribution in [0.15, 0.2) is 24.3 Å². The summed E-state index contributed by atoms with van der Waals surface area (Å²) in [7, 11) is 0. The van der Waals surface area contributed by atoms with E-state index >= 15 is 0 Å². The Morgan fingerprint density at radius 3 is 1.25 bits per heavy atom. The van der Waals surface area contributed by atoms with Gasteiger partial charge in [-0.25, -0.2) is 0 Å².